The van der Waals surface area contributed by atoms with Crippen molar-refractivity contribution in [3.8, 4) is 0 Å². The molecule has 0 bridgehead atoms. The summed E-state index contributed by atoms with van der Waals surface area (Å²) in [6.07, 6.45) is 0. The Morgan fingerprint density at radius 3 is 2.20 bits per heavy atom. The van der Waals surface area contributed by atoms with Gasteiger partial charge < -0.3 is 16.0 Å². The van der Waals surface area contributed by atoms with Crippen LogP contribution >= 0.6 is 11.3 Å². The molecule has 0 saturated carbocycles. The van der Waals surface area contributed by atoms with Crippen molar-refractivity contribution in [3.63, 3.8) is 0 Å². The van der Waals surface area contributed by atoms with Gasteiger partial charge >= 0.3 is 0 Å². The SMILES string of the molecule is Cc1cc(NC(=O)c2cccc(F)c2)sc1C(=O)NCCNC(=O)c1ccccc1. The van der Waals surface area contributed by atoms with E-state index < -0.39 is 11.7 Å². The molecule has 0 radical (unpaired) electrons. The third kappa shape index (κ3) is 5.51. The number of carbonyl (C=O) groups excluding carboxylic acids is 3. The molecule has 0 atom stereocenters. The largest absolute Gasteiger partial charge is 0.350 e. The Hall–Kier alpha value is -3.52. The highest BCUT2D eigenvalue weighted by atomic mass is 32.1. The molecular weight excluding hydrogens is 405 g/mol. The van der Waals surface area contributed by atoms with Crippen molar-refractivity contribution in [1.29, 1.82) is 0 Å². The normalized spacial score (nSPS) is 10.3. The monoisotopic (exact) mass is 425 g/mol. The zero-order valence-electron chi connectivity index (χ0n) is 16.2. The van der Waals surface area contributed by atoms with E-state index in [0.29, 0.717) is 21.0 Å². The second-order valence-corrected chi connectivity index (χ2v) is 7.52. The number of thiophene rings is 1. The first-order valence-electron chi connectivity index (χ1n) is 9.23. The fraction of sp³-hybridized carbons (Fsp3) is 0.136. The average molecular weight is 425 g/mol. The van der Waals surface area contributed by atoms with Gasteiger partial charge in [-0.15, -0.1) is 11.3 Å². The summed E-state index contributed by atoms with van der Waals surface area (Å²) in [5.74, 6) is -1.45. The fourth-order valence-corrected chi connectivity index (χ4v) is 3.69. The molecule has 0 unspecified atom stereocenters. The van der Waals surface area contributed by atoms with Crippen LogP contribution in [0.15, 0.2) is 60.7 Å². The van der Waals surface area contributed by atoms with E-state index >= 15 is 0 Å². The number of aryl methyl sites for hydroxylation is 1. The van der Waals surface area contributed by atoms with Gasteiger partial charge in [0, 0.05) is 24.2 Å². The highest BCUT2D eigenvalue weighted by Gasteiger charge is 2.16. The summed E-state index contributed by atoms with van der Waals surface area (Å²) in [6.45, 7) is 2.31. The third-order valence-corrected chi connectivity index (χ3v) is 5.33. The molecule has 2 aromatic carbocycles. The number of carbonyl (C=O) groups is 3. The Labute approximate surface area is 177 Å². The van der Waals surface area contributed by atoms with E-state index in [4.69, 9.17) is 0 Å². The number of rotatable bonds is 7. The molecule has 0 aliphatic carbocycles. The summed E-state index contributed by atoms with van der Waals surface area (Å²) < 4.78 is 13.3. The van der Waals surface area contributed by atoms with E-state index in [1.807, 2.05) is 6.07 Å². The van der Waals surface area contributed by atoms with Crippen molar-refractivity contribution in [3.05, 3.63) is 88.0 Å². The van der Waals surface area contributed by atoms with Crippen LogP contribution in [0.3, 0.4) is 0 Å². The van der Waals surface area contributed by atoms with Crippen LogP contribution in [0.5, 0.6) is 0 Å². The maximum Gasteiger partial charge on any atom is 0.261 e. The number of nitrogens with one attached hydrogen (secondary N) is 3. The van der Waals surface area contributed by atoms with E-state index in [2.05, 4.69) is 16.0 Å². The highest BCUT2D eigenvalue weighted by Crippen LogP contribution is 2.27. The lowest BCUT2D eigenvalue weighted by molar-refractivity contribution is 0.0929. The van der Waals surface area contributed by atoms with Crippen molar-refractivity contribution in [2.75, 3.05) is 18.4 Å². The minimum Gasteiger partial charge on any atom is -0.350 e. The molecule has 0 aliphatic heterocycles. The van der Waals surface area contributed by atoms with E-state index in [9.17, 15) is 18.8 Å². The van der Waals surface area contributed by atoms with Crippen molar-refractivity contribution < 1.29 is 18.8 Å². The van der Waals surface area contributed by atoms with E-state index in [0.717, 1.165) is 17.4 Å². The summed E-state index contributed by atoms with van der Waals surface area (Å²) in [7, 11) is 0. The van der Waals surface area contributed by atoms with E-state index in [1.165, 1.54) is 18.2 Å². The number of hydrogen-bond donors (Lipinski definition) is 3. The molecule has 0 aliphatic rings. The van der Waals surface area contributed by atoms with Crippen LogP contribution < -0.4 is 16.0 Å². The number of halogens is 1. The van der Waals surface area contributed by atoms with Crippen molar-refractivity contribution >= 4 is 34.1 Å². The number of benzene rings is 2. The Balaban J connectivity index is 1.51. The second kappa shape index (κ2) is 9.80. The summed E-state index contributed by atoms with van der Waals surface area (Å²) in [4.78, 5) is 37.1. The van der Waals surface area contributed by atoms with Crippen LogP contribution in [0.4, 0.5) is 9.39 Å². The van der Waals surface area contributed by atoms with Crippen LogP contribution in [0.25, 0.3) is 0 Å². The first kappa shape index (κ1) is 21.2. The minimum absolute atomic E-state index is 0.196. The first-order valence-corrected chi connectivity index (χ1v) is 10.0. The van der Waals surface area contributed by atoms with E-state index in [-0.39, 0.29) is 30.5 Å². The van der Waals surface area contributed by atoms with Crippen LogP contribution in [0.1, 0.15) is 36.0 Å². The van der Waals surface area contributed by atoms with Gasteiger partial charge in [-0.25, -0.2) is 4.39 Å². The highest BCUT2D eigenvalue weighted by molar-refractivity contribution is 7.18. The number of amides is 3. The van der Waals surface area contributed by atoms with Gasteiger partial charge in [0.05, 0.1) is 9.88 Å². The predicted octanol–water partition coefficient (Wildman–Crippen LogP) is 3.61. The second-order valence-electron chi connectivity index (χ2n) is 6.47. The average Bonchev–Trinajstić information content (AvgIpc) is 3.11. The van der Waals surface area contributed by atoms with Crippen molar-refractivity contribution in [2.24, 2.45) is 0 Å². The van der Waals surface area contributed by atoms with E-state index in [1.54, 1.807) is 37.3 Å². The molecule has 0 fully saturated rings. The van der Waals surface area contributed by atoms with Gasteiger partial charge in [0.25, 0.3) is 17.7 Å². The van der Waals surface area contributed by atoms with Crippen LogP contribution in [-0.2, 0) is 0 Å². The lowest BCUT2D eigenvalue weighted by Crippen LogP contribution is -2.34. The lowest BCUT2D eigenvalue weighted by Gasteiger charge is -2.07. The fourth-order valence-electron chi connectivity index (χ4n) is 2.71. The minimum atomic E-state index is -0.496. The molecule has 30 heavy (non-hydrogen) atoms. The molecule has 3 aromatic rings. The van der Waals surface area contributed by atoms with Gasteiger partial charge in [-0.3, -0.25) is 14.4 Å². The molecule has 1 aromatic heterocycles. The van der Waals surface area contributed by atoms with Gasteiger partial charge in [-0.05, 0) is 48.9 Å². The maximum absolute atomic E-state index is 13.3. The first-order chi connectivity index (χ1) is 14.4. The van der Waals surface area contributed by atoms with Crippen LogP contribution in [0, 0.1) is 12.7 Å². The lowest BCUT2D eigenvalue weighted by atomic mass is 10.2. The molecule has 0 saturated heterocycles. The summed E-state index contributed by atoms with van der Waals surface area (Å²) in [5.41, 5.74) is 1.46. The van der Waals surface area contributed by atoms with Gasteiger partial charge in [0.1, 0.15) is 5.82 Å². The number of hydrogen-bond acceptors (Lipinski definition) is 4. The Morgan fingerprint density at radius 2 is 1.50 bits per heavy atom. The Kier molecular flexibility index (Phi) is 6.92. The molecular formula is C22H20FN3O3S. The third-order valence-electron chi connectivity index (χ3n) is 4.18. The van der Waals surface area contributed by atoms with Gasteiger partial charge in [-0.2, -0.15) is 0 Å². The summed E-state index contributed by atoms with van der Waals surface area (Å²) in [5, 5.41) is 8.65. The van der Waals surface area contributed by atoms with Gasteiger partial charge in [0.2, 0.25) is 0 Å². The van der Waals surface area contributed by atoms with Crippen LogP contribution in [-0.4, -0.2) is 30.8 Å². The zero-order valence-corrected chi connectivity index (χ0v) is 17.0. The smallest absolute Gasteiger partial charge is 0.261 e. The molecule has 1 heterocycles. The molecule has 6 nitrogen and oxygen atoms in total. The van der Waals surface area contributed by atoms with Gasteiger partial charge in [0.15, 0.2) is 0 Å². The molecule has 0 spiro atoms. The molecule has 3 N–H and O–H groups in total. The maximum atomic E-state index is 13.3. The summed E-state index contributed by atoms with van der Waals surface area (Å²) >= 11 is 1.13. The van der Waals surface area contributed by atoms with Gasteiger partial charge in [-0.1, -0.05) is 24.3 Å². The predicted molar refractivity (Wildman–Crippen MR) is 115 cm³/mol. The molecule has 154 valence electrons. The Bertz CT molecular complexity index is 1070. The molecule has 8 heteroatoms. The van der Waals surface area contributed by atoms with Crippen molar-refractivity contribution in [1.82, 2.24) is 10.6 Å². The molecule has 3 amide bonds. The zero-order chi connectivity index (χ0) is 21.5. The number of anilines is 1. The standard InChI is InChI=1S/C22H20FN3O3S/c1-14-12-18(26-21(28)16-8-5-9-17(23)13-16)30-19(14)22(29)25-11-10-24-20(27)15-6-3-2-4-7-15/h2-9,12-13H,10-11H2,1H3,(H,24,27)(H,25,29)(H,26,28). The quantitative estimate of drug-likeness (QED) is 0.506. The summed E-state index contributed by atoms with van der Waals surface area (Å²) in [6, 6.07) is 15.9. The Morgan fingerprint density at radius 1 is 0.833 bits per heavy atom. The van der Waals surface area contributed by atoms with Crippen molar-refractivity contribution in [2.45, 2.75) is 6.92 Å². The van der Waals surface area contributed by atoms with Crippen LogP contribution in [0.2, 0.25) is 0 Å². The molecule has 3 rings (SSSR count). The topological polar surface area (TPSA) is 87.3 Å².